The van der Waals surface area contributed by atoms with Crippen LogP contribution in [0.4, 0.5) is 5.69 Å². The average Bonchev–Trinajstić information content (AvgIpc) is 2.61. The molecule has 2 aromatic carbocycles. The Morgan fingerprint density at radius 2 is 1.65 bits per heavy atom. The SMILES string of the molecule is CC(=O)Nc1ccc(C(=O)OC(C)C(=O)N(C)Cc2ccccc2)cc1. The molecule has 0 saturated carbocycles. The number of carbonyl (C=O) groups is 3. The maximum Gasteiger partial charge on any atom is 0.338 e. The lowest BCUT2D eigenvalue weighted by Crippen LogP contribution is -2.37. The number of likely N-dealkylation sites (N-methyl/N-ethyl adjacent to an activating group) is 1. The van der Waals surface area contributed by atoms with Crippen molar-refractivity contribution in [2.45, 2.75) is 26.5 Å². The summed E-state index contributed by atoms with van der Waals surface area (Å²) in [6, 6.07) is 15.9. The van der Waals surface area contributed by atoms with Crippen molar-refractivity contribution < 1.29 is 19.1 Å². The highest BCUT2D eigenvalue weighted by Crippen LogP contribution is 2.12. The summed E-state index contributed by atoms with van der Waals surface area (Å²) in [5, 5.41) is 2.62. The van der Waals surface area contributed by atoms with Crippen LogP contribution in [0.15, 0.2) is 54.6 Å². The third-order valence-corrected chi connectivity index (χ3v) is 3.71. The zero-order valence-corrected chi connectivity index (χ0v) is 15.1. The first-order chi connectivity index (χ1) is 12.4. The van der Waals surface area contributed by atoms with Crippen molar-refractivity contribution >= 4 is 23.5 Å². The second kappa shape index (κ2) is 8.80. The third kappa shape index (κ3) is 5.44. The number of hydrogen-bond acceptors (Lipinski definition) is 4. The zero-order chi connectivity index (χ0) is 19.1. The number of carbonyl (C=O) groups excluding carboxylic acids is 3. The highest BCUT2D eigenvalue weighted by atomic mass is 16.5. The molecule has 0 aliphatic rings. The smallest absolute Gasteiger partial charge is 0.338 e. The lowest BCUT2D eigenvalue weighted by atomic mass is 10.2. The molecular weight excluding hydrogens is 332 g/mol. The van der Waals surface area contributed by atoms with E-state index >= 15 is 0 Å². The van der Waals surface area contributed by atoms with Crippen LogP contribution < -0.4 is 5.32 Å². The normalized spacial score (nSPS) is 11.3. The average molecular weight is 354 g/mol. The summed E-state index contributed by atoms with van der Waals surface area (Å²) in [7, 11) is 1.67. The number of hydrogen-bond donors (Lipinski definition) is 1. The number of rotatable bonds is 6. The molecule has 0 aliphatic carbocycles. The van der Waals surface area contributed by atoms with E-state index in [9.17, 15) is 14.4 Å². The van der Waals surface area contributed by atoms with Crippen LogP contribution in [0.3, 0.4) is 0 Å². The van der Waals surface area contributed by atoms with Crippen LogP contribution in [-0.2, 0) is 20.9 Å². The van der Waals surface area contributed by atoms with Gasteiger partial charge in [-0.05, 0) is 36.8 Å². The van der Waals surface area contributed by atoms with Gasteiger partial charge in [-0.15, -0.1) is 0 Å². The first-order valence-corrected chi connectivity index (χ1v) is 8.24. The van der Waals surface area contributed by atoms with Crippen LogP contribution in [-0.4, -0.2) is 35.8 Å². The van der Waals surface area contributed by atoms with Crippen molar-refractivity contribution in [1.29, 1.82) is 0 Å². The first kappa shape index (κ1) is 19.2. The van der Waals surface area contributed by atoms with Crippen molar-refractivity contribution in [3.63, 3.8) is 0 Å². The van der Waals surface area contributed by atoms with Gasteiger partial charge in [-0.2, -0.15) is 0 Å². The van der Waals surface area contributed by atoms with Crippen LogP contribution >= 0.6 is 0 Å². The molecule has 26 heavy (non-hydrogen) atoms. The Balaban J connectivity index is 1.93. The quantitative estimate of drug-likeness (QED) is 0.810. The number of ether oxygens (including phenoxy) is 1. The molecule has 0 aliphatic heterocycles. The van der Waals surface area contributed by atoms with Gasteiger partial charge in [-0.1, -0.05) is 30.3 Å². The number of nitrogens with zero attached hydrogens (tertiary/aromatic N) is 1. The summed E-state index contributed by atoms with van der Waals surface area (Å²) in [6.45, 7) is 3.39. The van der Waals surface area contributed by atoms with Crippen LogP contribution in [0.5, 0.6) is 0 Å². The van der Waals surface area contributed by atoms with Gasteiger partial charge in [0.25, 0.3) is 5.91 Å². The molecule has 0 fully saturated rings. The van der Waals surface area contributed by atoms with Gasteiger partial charge in [0.15, 0.2) is 6.10 Å². The minimum absolute atomic E-state index is 0.194. The van der Waals surface area contributed by atoms with Crippen molar-refractivity contribution in [3.05, 3.63) is 65.7 Å². The van der Waals surface area contributed by atoms with Gasteiger partial charge in [0.05, 0.1) is 5.56 Å². The van der Waals surface area contributed by atoms with Crippen molar-refractivity contribution in [2.75, 3.05) is 12.4 Å². The highest BCUT2D eigenvalue weighted by molar-refractivity contribution is 5.93. The van der Waals surface area contributed by atoms with Crippen molar-refractivity contribution in [1.82, 2.24) is 4.90 Å². The van der Waals surface area contributed by atoms with Gasteiger partial charge >= 0.3 is 5.97 Å². The third-order valence-electron chi connectivity index (χ3n) is 3.71. The first-order valence-electron chi connectivity index (χ1n) is 8.24. The highest BCUT2D eigenvalue weighted by Gasteiger charge is 2.22. The molecule has 6 nitrogen and oxygen atoms in total. The summed E-state index contributed by atoms with van der Waals surface area (Å²) in [4.78, 5) is 37.1. The van der Waals surface area contributed by atoms with Crippen LogP contribution in [0.2, 0.25) is 0 Å². The molecule has 2 aromatic rings. The van der Waals surface area contributed by atoms with Crippen molar-refractivity contribution in [3.8, 4) is 0 Å². The van der Waals surface area contributed by atoms with Crippen LogP contribution in [0, 0.1) is 0 Å². The number of amides is 2. The Morgan fingerprint density at radius 1 is 1.04 bits per heavy atom. The van der Waals surface area contributed by atoms with Gasteiger partial charge in [-0.25, -0.2) is 4.79 Å². The van der Waals surface area contributed by atoms with Gasteiger partial charge in [-0.3, -0.25) is 9.59 Å². The Labute approximate surface area is 152 Å². The molecule has 2 amide bonds. The van der Waals surface area contributed by atoms with E-state index < -0.39 is 12.1 Å². The molecule has 0 radical (unpaired) electrons. The van der Waals surface area contributed by atoms with E-state index in [-0.39, 0.29) is 11.8 Å². The molecule has 0 saturated heterocycles. The molecule has 0 heterocycles. The molecule has 1 unspecified atom stereocenters. The summed E-state index contributed by atoms with van der Waals surface area (Å²) < 4.78 is 5.26. The maximum atomic E-state index is 12.4. The van der Waals surface area contributed by atoms with Gasteiger partial charge < -0.3 is 15.0 Å². The van der Waals surface area contributed by atoms with Gasteiger partial charge in [0.1, 0.15) is 0 Å². The predicted octanol–water partition coefficient (Wildman–Crippen LogP) is 2.85. The zero-order valence-electron chi connectivity index (χ0n) is 15.1. The van der Waals surface area contributed by atoms with Crippen molar-refractivity contribution in [2.24, 2.45) is 0 Å². The lowest BCUT2D eigenvalue weighted by molar-refractivity contribution is -0.139. The molecule has 0 bridgehead atoms. The number of benzene rings is 2. The Morgan fingerprint density at radius 3 is 2.23 bits per heavy atom. The Bertz CT molecular complexity index is 772. The van der Waals surface area contributed by atoms with Crippen LogP contribution in [0.1, 0.15) is 29.8 Å². The summed E-state index contributed by atoms with van der Waals surface area (Å²) in [6.07, 6.45) is -0.897. The topological polar surface area (TPSA) is 75.7 Å². The summed E-state index contributed by atoms with van der Waals surface area (Å²) in [5.74, 6) is -1.06. The van der Waals surface area contributed by atoms with E-state index in [1.165, 1.54) is 11.8 Å². The number of nitrogens with one attached hydrogen (secondary N) is 1. The van der Waals surface area contributed by atoms with Crippen LogP contribution in [0.25, 0.3) is 0 Å². The minimum Gasteiger partial charge on any atom is -0.449 e. The molecule has 2 rings (SSSR count). The molecule has 0 spiro atoms. The number of anilines is 1. The van der Waals surface area contributed by atoms with E-state index in [2.05, 4.69) is 5.32 Å². The summed E-state index contributed by atoms with van der Waals surface area (Å²) >= 11 is 0. The van der Waals surface area contributed by atoms with E-state index in [4.69, 9.17) is 4.74 Å². The largest absolute Gasteiger partial charge is 0.449 e. The van der Waals surface area contributed by atoms with Gasteiger partial charge in [0, 0.05) is 26.2 Å². The molecule has 1 atom stereocenters. The van der Waals surface area contributed by atoms with E-state index in [0.29, 0.717) is 17.8 Å². The monoisotopic (exact) mass is 354 g/mol. The molecule has 0 aromatic heterocycles. The van der Waals surface area contributed by atoms with E-state index in [1.807, 2.05) is 30.3 Å². The number of esters is 1. The van der Waals surface area contributed by atoms with Gasteiger partial charge in [0.2, 0.25) is 5.91 Å². The molecule has 1 N–H and O–H groups in total. The lowest BCUT2D eigenvalue weighted by Gasteiger charge is -2.21. The fourth-order valence-corrected chi connectivity index (χ4v) is 2.42. The Kier molecular flexibility index (Phi) is 6.49. The second-order valence-corrected chi connectivity index (χ2v) is 5.99. The standard InChI is InChI=1S/C20H22N2O4/c1-14(19(24)22(3)13-16-7-5-4-6-8-16)26-20(25)17-9-11-18(12-10-17)21-15(2)23/h4-12,14H,13H2,1-3H3,(H,21,23). The van der Waals surface area contributed by atoms with E-state index in [0.717, 1.165) is 5.56 Å². The molecule has 6 heteroatoms. The van der Waals surface area contributed by atoms with E-state index in [1.54, 1.807) is 38.2 Å². The minimum atomic E-state index is -0.897. The molecule has 136 valence electrons. The maximum absolute atomic E-state index is 12.4. The predicted molar refractivity (Wildman–Crippen MR) is 98.5 cm³/mol. The summed E-state index contributed by atoms with van der Waals surface area (Å²) in [5.41, 5.74) is 1.89. The second-order valence-electron chi connectivity index (χ2n) is 5.99. The molecular formula is C20H22N2O4. The Hall–Kier alpha value is -3.15. The fourth-order valence-electron chi connectivity index (χ4n) is 2.42. The fraction of sp³-hybridized carbons (Fsp3) is 0.250.